The first kappa shape index (κ1) is 15.1. The number of aromatic nitrogens is 2. The highest BCUT2D eigenvalue weighted by Crippen LogP contribution is 2.22. The number of aliphatic hydroxyl groups is 1. The van der Waals surface area contributed by atoms with E-state index in [0.717, 1.165) is 33.9 Å². The molecule has 0 saturated carbocycles. The average Bonchev–Trinajstić information content (AvgIpc) is 2.80. The highest BCUT2D eigenvalue weighted by Gasteiger charge is 2.12. The molecule has 0 aliphatic rings. The Balaban J connectivity index is 2.07. The molecule has 0 spiro atoms. The van der Waals surface area contributed by atoms with E-state index in [4.69, 9.17) is 16.6 Å². The molecule has 0 bridgehead atoms. The molecule has 4 heteroatoms. The Labute approximate surface area is 135 Å². The molecule has 0 aliphatic carbocycles. The molecule has 0 amide bonds. The third-order valence-electron chi connectivity index (χ3n) is 4.04. The molecule has 0 aliphatic heterocycles. The second kappa shape index (κ2) is 6.11. The number of fused-ring (bicyclic) bond motifs is 1. The molecule has 0 fully saturated rings. The van der Waals surface area contributed by atoms with Crippen molar-refractivity contribution in [1.29, 1.82) is 0 Å². The maximum Gasteiger partial charge on any atom is 0.114 e. The molecule has 0 unspecified atom stereocenters. The molecule has 0 atom stereocenters. The third kappa shape index (κ3) is 2.87. The van der Waals surface area contributed by atoms with Gasteiger partial charge >= 0.3 is 0 Å². The van der Waals surface area contributed by atoms with Crippen LogP contribution in [0.15, 0.2) is 36.4 Å². The Kier molecular flexibility index (Phi) is 4.19. The second-order valence-electron chi connectivity index (χ2n) is 5.63. The minimum atomic E-state index is 0.103. The summed E-state index contributed by atoms with van der Waals surface area (Å²) in [6, 6.07) is 12.1. The van der Waals surface area contributed by atoms with E-state index in [1.165, 1.54) is 11.1 Å². The number of hydrogen-bond acceptors (Lipinski definition) is 2. The van der Waals surface area contributed by atoms with E-state index in [-0.39, 0.29) is 6.61 Å². The number of hydrogen-bond donors (Lipinski definition) is 1. The average molecular weight is 315 g/mol. The van der Waals surface area contributed by atoms with Crippen molar-refractivity contribution >= 4 is 22.6 Å². The zero-order valence-corrected chi connectivity index (χ0v) is 13.6. The Hall–Kier alpha value is -1.84. The molecule has 1 N–H and O–H groups in total. The zero-order valence-electron chi connectivity index (χ0n) is 12.8. The van der Waals surface area contributed by atoms with Crippen LogP contribution in [0.3, 0.4) is 0 Å². The number of nitrogens with zero attached hydrogens (tertiary/aromatic N) is 2. The fourth-order valence-corrected chi connectivity index (χ4v) is 2.83. The predicted octanol–water partition coefficient (Wildman–Crippen LogP) is 3.89. The molecular weight excluding hydrogens is 296 g/mol. The van der Waals surface area contributed by atoms with Crippen molar-refractivity contribution in [2.75, 3.05) is 6.61 Å². The number of aliphatic hydroxyl groups excluding tert-OH is 1. The van der Waals surface area contributed by atoms with E-state index >= 15 is 0 Å². The van der Waals surface area contributed by atoms with E-state index in [0.29, 0.717) is 6.54 Å². The van der Waals surface area contributed by atoms with Crippen molar-refractivity contribution < 1.29 is 5.11 Å². The van der Waals surface area contributed by atoms with Crippen LogP contribution in [0, 0.1) is 13.8 Å². The third-order valence-corrected chi connectivity index (χ3v) is 4.29. The lowest BCUT2D eigenvalue weighted by molar-refractivity contribution is 0.276. The summed E-state index contributed by atoms with van der Waals surface area (Å²) in [7, 11) is 0. The first-order valence-electron chi connectivity index (χ1n) is 7.40. The van der Waals surface area contributed by atoms with Gasteiger partial charge in [-0.2, -0.15) is 0 Å². The molecule has 0 saturated heterocycles. The topological polar surface area (TPSA) is 38.0 Å². The van der Waals surface area contributed by atoms with E-state index in [9.17, 15) is 5.11 Å². The van der Waals surface area contributed by atoms with Gasteiger partial charge in [-0.05, 0) is 54.8 Å². The van der Waals surface area contributed by atoms with Gasteiger partial charge in [-0.25, -0.2) is 4.98 Å². The second-order valence-corrected chi connectivity index (χ2v) is 6.07. The quantitative estimate of drug-likeness (QED) is 0.793. The van der Waals surface area contributed by atoms with E-state index < -0.39 is 0 Å². The molecule has 114 valence electrons. The predicted molar refractivity (Wildman–Crippen MR) is 90.6 cm³/mol. The number of benzene rings is 2. The molecular formula is C18H19ClN2O. The molecule has 1 aromatic heterocycles. The van der Waals surface area contributed by atoms with Crippen LogP contribution in [-0.4, -0.2) is 21.3 Å². The van der Waals surface area contributed by atoms with Gasteiger partial charge in [0.25, 0.3) is 0 Å². The van der Waals surface area contributed by atoms with E-state index in [1.807, 2.05) is 24.3 Å². The van der Waals surface area contributed by atoms with Gasteiger partial charge in [-0.3, -0.25) is 0 Å². The minimum absolute atomic E-state index is 0.103. The van der Waals surface area contributed by atoms with Gasteiger partial charge in [0.1, 0.15) is 5.82 Å². The lowest BCUT2D eigenvalue weighted by atomic mass is 10.1. The fraction of sp³-hybridized carbons (Fsp3) is 0.278. The SMILES string of the molecule is Cc1cc2nc(Cc3ccc(Cl)cc3)n(CCO)c2cc1C. The Morgan fingerprint density at radius 3 is 2.45 bits per heavy atom. The van der Waals surface area contributed by atoms with Crippen LogP contribution in [0.4, 0.5) is 0 Å². The van der Waals surface area contributed by atoms with Crippen molar-refractivity contribution in [2.45, 2.75) is 26.8 Å². The summed E-state index contributed by atoms with van der Waals surface area (Å²) in [5, 5.41) is 10.1. The summed E-state index contributed by atoms with van der Waals surface area (Å²) in [6.07, 6.45) is 0.726. The summed E-state index contributed by atoms with van der Waals surface area (Å²) in [5.74, 6) is 0.969. The van der Waals surface area contributed by atoms with Gasteiger partial charge in [0.2, 0.25) is 0 Å². The van der Waals surface area contributed by atoms with Gasteiger partial charge in [0.15, 0.2) is 0 Å². The number of imidazole rings is 1. The first-order chi connectivity index (χ1) is 10.6. The summed E-state index contributed by atoms with van der Waals surface area (Å²) in [6.45, 7) is 4.86. The molecule has 3 nitrogen and oxygen atoms in total. The van der Waals surface area contributed by atoms with Crippen LogP contribution in [0.25, 0.3) is 11.0 Å². The Bertz CT molecular complexity index is 806. The molecule has 2 aromatic carbocycles. The van der Waals surface area contributed by atoms with E-state index in [1.54, 1.807) is 0 Å². The lowest BCUT2D eigenvalue weighted by Crippen LogP contribution is -2.07. The zero-order chi connectivity index (χ0) is 15.7. The minimum Gasteiger partial charge on any atom is -0.395 e. The van der Waals surface area contributed by atoms with E-state index in [2.05, 4.69) is 30.5 Å². The number of rotatable bonds is 4. The van der Waals surface area contributed by atoms with Crippen molar-refractivity contribution in [2.24, 2.45) is 0 Å². The maximum atomic E-state index is 9.38. The van der Waals surface area contributed by atoms with Crippen molar-refractivity contribution in [1.82, 2.24) is 9.55 Å². The Morgan fingerprint density at radius 1 is 1.09 bits per heavy atom. The number of aryl methyl sites for hydroxylation is 2. The van der Waals surface area contributed by atoms with Crippen LogP contribution in [0.2, 0.25) is 5.02 Å². The largest absolute Gasteiger partial charge is 0.395 e. The smallest absolute Gasteiger partial charge is 0.114 e. The molecule has 1 heterocycles. The summed E-state index contributed by atoms with van der Waals surface area (Å²) in [5.41, 5.74) is 5.71. The van der Waals surface area contributed by atoms with Gasteiger partial charge in [0.05, 0.1) is 17.6 Å². The molecule has 22 heavy (non-hydrogen) atoms. The van der Waals surface area contributed by atoms with Crippen LogP contribution in [0.5, 0.6) is 0 Å². The van der Waals surface area contributed by atoms with Crippen LogP contribution >= 0.6 is 11.6 Å². The summed E-state index contributed by atoms with van der Waals surface area (Å²) < 4.78 is 2.11. The molecule has 3 aromatic rings. The van der Waals surface area contributed by atoms with Crippen molar-refractivity contribution in [3.05, 3.63) is 63.9 Å². The Morgan fingerprint density at radius 2 is 1.77 bits per heavy atom. The van der Waals surface area contributed by atoms with Gasteiger partial charge < -0.3 is 9.67 Å². The van der Waals surface area contributed by atoms with Crippen molar-refractivity contribution in [3.8, 4) is 0 Å². The normalized spacial score (nSPS) is 11.3. The lowest BCUT2D eigenvalue weighted by Gasteiger charge is -2.08. The van der Waals surface area contributed by atoms with Crippen LogP contribution < -0.4 is 0 Å². The fourth-order valence-electron chi connectivity index (χ4n) is 2.70. The standard InChI is InChI=1S/C18H19ClN2O/c1-12-9-16-17(10-13(12)2)21(7-8-22)18(20-16)11-14-3-5-15(19)6-4-14/h3-6,9-10,22H,7-8,11H2,1-2H3. The molecule has 0 radical (unpaired) electrons. The highest BCUT2D eigenvalue weighted by atomic mass is 35.5. The number of halogens is 1. The summed E-state index contributed by atoms with van der Waals surface area (Å²) >= 11 is 5.94. The van der Waals surface area contributed by atoms with Crippen LogP contribution in [-0.2, 0) is 13.0 Å². The summed E-state index contributed by atoms with van der Waals surface area (Å²) in [4.78, 5) is 4.77. The van der Waals surface area contributed by atoms with Gasteiger partial charge in [0, 0.05) is 18.0 Å². The molecule has 3 rings (SSSR count). The van der Waals surface area contributed by atoms with Gasteiger partial charge in [-0.15, -0.1) is 0 Å². The highest BCUT2D eigenvalue weighted by molar-refractivity contribution is 6.30. The monoisotopic (exact) mass is 314 g/mol. The van der Waals surface area contributed by atoms with Crippen LogP contribution in [0.1, 0.15) is 22.5 Å². The van der Waals surface area contributed by atoms with Gasteiger partial charge in [-0.1, -0.05) is 23.7 Å². The first-order valence-corrected chi connectivity index (χ1v) is 7.78. The van der Waals surface area contributed by atoms with Crippen molar-refractivity contribution in [3.63, 3.8) is 0 Å². The maximum absolute atomic E-state index is 9.38.